The zero-order valence-corrected chi connectivity index (χ0v) is 22.2. The molecule has 0 fully saturated rings. The van der Waals surface area contributed by atoms with Gasteiger partial charge in [0.2, 0.25) is 17.7 Å². The molecule has 1 aromatic carbocycles. The smallest absolute Gasteiger partial charge is 0.408 e. The second-order valence-corrected chi connectivity index (χ2v) is 9.66. The maximum atomic E-state index is 13.8. The van der Waals surface area contributed by atoms with E-state index in [-0.39, 0.29) is 18.9 Å². The SMILES string of the molecule is C#Cc1ccccc1C(C(=O)NC(C)CCC)N(CC#N)C(=O)C(CCC(N)=O)NC(=O)OC(C)(C)C. The third-order valence-electron chi connectivity index (χ3n) is 5.27. The largest absolute Gasteiger partial charge is 0.444 e. The molecule has 0 saturated heterocycles. The summed E-state index contributed by atoms with van der Waals surface area (Å²) in [6.07, 6.45) is 5.92. The first kappa shape index (κ1) is 31.0. The highest BCUT2D eigenvalue weighted by Gasteiger charge is 2.37. The molecule has 0 aromatic heterocycles. The Morgan fingerprint density at radius 2 is 1.81 bits per heavy atom. The highest BCUT2D eigenvalue weighted by molar-refractivity contribution is 5.93. The molecule has 0 heterocycles. The van der Waals surface area contributed by atoms with E-state index in [0.29, 0.717) is 17.5 Å². The zero-order chi connectivity index (χ0) is 28.2. The van der Waals surface area contributed by atoms with Crippen molar-refractivity contribution in [2.75, 3.05) is 6.54 Å². The molecule has 0 aliphatic carbocycles. The van der Waals surface area contributed by atoms with Crippen LogP contribution >= 0.6 is 0 Å². The van der Waals surface area contributed by atoms with Crippen LogP contribution in [0.1, 0.15) is 77.5 Å². The number of nitriles is 1. The molecule has 4 amide bonds. The number of nitrogens with two attached hydrogens (primary N) is 1. The number of hydrogen-bond acceptors (Lipinski definition) is 6. The number of amides is 4. The molecule has 10 heteroatoms. The van der Waals surface area contributed by atoms with Gasteiger partial charge >= 0.3 is 6.09 Å². The van der Waals surface area contributed by atoms with Crippen molar-refractivity contribution in [1.82, 2.24) is 15.5 Å². The summed E-state index contributed by atoms with van der Waals surface area (Å²) in [6, 6.07) is 5.76. The van der Waals surface area contributed by atoms with E-state index >= 15 is 0 Å². The van der Waals surface area contributed by atoms with Crippen molar-refractivity contribution in [2.45, 2.75) is 84.0 Å². The summed E-state index contributed by atoms with van der Waals surface area (Å²) in [5.74, 6) is 0.547. The van der Waals surface area contributed by atoms with Crippen LogP contribution in [0.15, 0.2) is 24.3 Å². The van der Waals surface area contributed by atoms with Gasteiger partial charge in [-0.25, -0.2) is 4.79 Å². The molecule has 0 saturated carbocycles. The number of hydrogen-bond donors (Lipinski definition) is 3. The lowest BCUT2D eigenvalue weighted by molar-refractivity contribution is -0.142. The first-order chi connectivity index (χ1) is 17.3. The fourth-order valence-corrected chi connectivity index (χ4v) is 3.71. The summed E-state index contributed by atoms with van der Waals surface area (Å²) < 4.78 is 5.27. The molecule has 200 valence electrons. The molecule has 3 atom stereocenters. The quantitative estimate of drug-likeness (QED) is 0.289. The Hall–Kier alpha value is -4.05. The Morgan fingerprint density at radius 1 is 1.16 bits per heavy atom. The fourth-order valence-electron chi connectivity index (χ4n) is 3.71. The van der Waals surface area contributed by atoms with E-state index in [9.17, 15) is 24.4 Å². The van der Waals surface area contributed by atoms with Crippen LogP contribution in [-0.4, -0.2) is 52.9 Å². The lowest BCUT2D eigenvalue weighted by Gasteiger charge is -2.34. The Balaban J connectivity index is 3.55. The number of benzene rings is 1. The number of primary amides is 1. The van der Waals surface area contributed by atoms with Gasteiger partial charge in [0.1, 0.15) is 24.2 Å². The summed E-state index contributed by atoms with van der Waals surface area (Å²) in [4.78, 5) is 52.4. The monoisotopic (exact) mass is 511 g/mol. The molecule has 10 nitrogen and oxygen atoms in total. The van der Waals surface area contributed by atoms with Gasteiger partial charge in [-0.2, -0.15) is 5.26 Å². The molecule has 37 heavy (non-hydrogen) atoms. The van der Waals surface area contributed by atoms with Gasteiger partial charge in [-0.3, -0.25) is 14.4 Å². The van der Waals surface area contributed by atoms with Crippen LogP contribution in [0.2, 0.25) is 0 Å². The highest BCUT2D eigenvalue weighted by Crippen LogP contribution is 2.26. The molecule has 1 rings (SSSR count). The van der Waals surface area contributed by atoms with E-state index in [1.54, 1.807) is 45.0 Å². The van der Waals surface area contributed by atoms with E-state index in [1.165, 1.54) is 0 Å². The number of carbonyl (C=O) groups excluding carboxylic acids is 4. The van der Waals surface area contributed by atoms with Gasteiger partial charge in [0.15, 0.2) is 0 Å². The van der Waals surface area contributed by atoms with Crippen molar-refractivity contribution < 1.29 is 23.9 Å². The van der Waals surface area contributed by atoms with Gasteiger partial charge in [-0.1, -0.05) is 37.5 Å². The molecule has 3 unspecified atom stereocenters. The standard InChI is InChI=1S/C27H37N5O5/c1-7-11-18(3)30-24(34)23(20-13-10-9-12-19(20)8-2)32(17-16-28)25(35)21(14-15-22(29)33)31-26(36)37-27(4,5)6/h2,9-10,12-13,18,21,23H,7,11,14-15,17H2,1,3-6H3,(H2,29,33)(H,30,34)(H,31,36). The third-order valence-corrected chi connectivity index (χ3v) is 5.27. The van der Waals surface area contributed by atoms with Gasteiger partial charge in [0.25, 0.3) is 0 Å². The summed E-state index contributed by atoms with van der Waals surface area (Å²) in [7, 11) is 0. The third kappa shape index (κ3) is 10.2. The zero-order valence-electron chi connectivity index (χ0n) is 22.2. The van der Waals surface area contributed by atoms with E-state index in [4.69, 9.17) is 16.9 Å². The summed E-state index contributed by atoms with van der Waals surface area (Å²) in [5, 5.41) is 14.9. The van der Waals surface area contributed by atoms with Crippen molar-refractivity contribution in [3.8, 4) is 18.4 Å². The molecule has 4 N–H and O–H groups in total. The van der Waals surface area contributed by atoms with Gasteiger partial charge in [0, 0.05) is 18.0 Å². The Kier molecular flexibility index (Phi) is 12.1. The van der Waals surface area contributed by atoms with Gasteiger partial charge in [-0.15, -0.1) is 6.42 Å². The van der Waals surface area contributed by atoms with Gasteiger partial charge < -0.3 is 26.0 Å². The van der Waals surface area contributed by atoms with Crippen molar-refractivity contribution >= 4 is 23.8 Å². The molecule has 0 bridgehead atoms. The second kappa shape index (κ2) is 14.5. The number of alkyl carbamates (subject to hydrolysis) is 1. The number of nitrogens with one attached hydrogen (secondary N) is 2. The minimum absolute atomic E-state index is 0.160. The topological polar surface area (TPSA) is 155 Å². The predicted molar refractivity (Wildman–Crippen MR) is 139 cm³/mol. The van der Waals surface area contributed by atoms with Crippen LogP contribution in [0.3, 0.4) is 0 Å². The van der Waals surface area contributed by atoms with Crippen LogP contribution in [0, 0.1) is 23.7 Å². The number of terminal acetylenes is 1. The lowest BCUT2D eigenvalue weighted by Crippen LogP contribution is -2.54. The second-order valence-electron chi connectivity index (χ2n) is 9.66. The van der Waals surface area contributed by atoms with E-state index < -0.39 is 48.0 Å². The first-order valence-electron chi connectivity index (χ1n) is 12.2. The lowest BCUT2D eigenvalue weighted by atomic mass is 9.96. The van der Waals surface area contributed by atoms with Crippen molar-refractivity contribution in [1.29, 1.82) is 5.26 Å². The van der Waals surface area contributed by atoms with Crippen LogP contribution in [0.25, 0.3) is 0 Å². The minimum Gasteiger partial charge on any atom is -0.444 e. The van der Waals surface area contributed by atoms with Gasteiger partial charge in [-0.05, 0) is 52.2 Å². The number of carbonyl (C=O) groups is 4. The maximum absolute atomic E-state index is 13.8. The Bertz CT molecular complexity index is 1050. The molecular formula is C27H37N5O5. The fraction of sp³-hybridized carbons (Fsp3) is 0.519. The Labute approximate surface area is 218 Å². The highest BCUT2D eigenvalue weighted by atomic mass is 16.6. The molecule has 0 aliphatic heterocycles. The van der Waals surface area contributed by atoms with E-state index in [2.05, 4.69) is 16.6 Å². The predicted octanol–water partition coefficient (Wildman–Crippen LogP) is 2.52. The minimum atomic E-state index is -1.29. The molecular weight excluding hydrogens is 474 g/mol. The maximum Gasteiger partial charge on any atom is 0.408 e. The molecule has 1 aromatic rings. The van der Waals surface area contributed by atoms with Crippen LogP contribution < -0.4 is 16.4 Å². The van der Waals surface area contributed by atoms with Crippen LogP contribution in [0.4, 0.5) is 4.79 Å². The molecule has 0 radical (unpaired) electrons. The number of rotatable bonds is 12. The van der Waals surface area contributed by atoms with E-state index in [0.717, 1.165) is 11.3 Å². The van der Waals surface area contributed by atoms with E-state index in [1.807, 2.05) is 19.9 Å². The summed E-state index contributed by atoms with van der Waals surface area (Å²) in [5.41, 5.74) is 5.15. The first-order valence-corrected chi connectivity index (χ1v) is 12.2. The van der Waals surface area contributed by atoms with Crippen LogP contribution in [-0.2, 0) is 19.1 Å². The normalized spacial score (nSPS) is 13.2. The molecule has 0 aliphatic rings. The van der Waals surface area contributed by atoms with Gasteiger partial charge in [0.05, 0.1) is 6.07 Å². The van der Waals surface area contributed by atoms with Crippen molar-refractivity contribution in [3.05, 3.63) is 35.4 Å². The van der Waals surface area contributed by atoms with Crippen LogP contribution in [0.5, 0.6) is 0 Å². The average Bonchev–Trinajstić information content (AvgIpc) is 2.80. The summed E-state index contributed by atoms with van der Waals surface area (Å²) in [6.45, 7) is 8.30. The van der Waals surface area contributed by atoms with Crippen molar-refractivity contribution in [2.24, 2.45) is 5.73 Å². The molecule has 0 spiro atoms. The summed E-state index contributed by atoms with van der Waals surface area (Å²) >= 11 is 0. The number of nitrogens with zero attached hydrogens (tertiary/aromatic N) is 2. The Morgan fingerprint density at radius 3 is 2.35 bits per heavy atom. The van der Waals surface area contributed by atoms with Crippen molar-refractivity contribution in [3.63, 3.8) is 0 Å². The average molecular weight is 512 g/mol. The number of ether oxygens (including phenoxy) is 1.